The summed E-state index contributed by atoms with van der Waals surface area (Å²) in [5, 5.41) is 9.71. The van der Waals surface area contributed by atoms with Crippen molar-refractivity contribution in [1.29, 1.82) is 5.26 Å². The lowest BCUT2D eigenvalue weighted by Crippen LogP contribution is -2.40. The fraction of sp³-hybridized carbons (Fsp3) is 0.188. The van der Waals surface area contributed by atoms with Crippen molar-refractivity contribution in [2.45, 2.75) is 26.5 Å². The molecule has 1 aliphatic heterocycles. The molecule has 0 spiro atoms. The average Bonchev–Trinajstić information content (AvgIpc) is 3.30. The normalized spacial score (nSPS) is 14.5. The molecule has 0 aliphatic carbocycles. The predicted molar refractivity (Wildman–Crippen MR) is 165 cm³/mol. The number of halogens is 2. The van der Waals surface area contributed by atoms with Crippen molar-refractivity contribution >= 4 is 46.6 Å². The largest absolute Gasteiger partial charge is 0.493 e. The Morgan fingerprint density at radius 1 is 1.14 bits per heavy atom. The van der Waals surface area contributed by atoms with Gasteiger partial charge < -0.3 is 14.2 Å². The first-order valence-electron chi connectivity index (χ1n) is 13.2. The standard InChI is InChI=1S/C32H25Cl2N3O5S/c1-4-41-31(39)27-18(2)36-32-37(28(27)22-7-5-6-8-23(22)33)30(38)26(43-32)15-21-13-24(34)29(25(14-21)40-3)42-17-20-11-9-19(16-35)10-12-20/h5-15,28H,4,17H2,1-3H3/b26-15-/t28-/m1/s1. The van der Waals surface area contributed by atoms with E-state index in [4.69, 9.17) is 42.7 Å². The highest BCUT2D eigenvalue weighted by molar-refractivity contribution is 7.07. The van der Waals surface area contributed by atoms with Crippen LogP contribution in [0.2, 0.25) is 10.0 Å². The number of thiazole rings is 1. The van der Waals surface area contributed by atoms with Gasteiger partial charge in [0, 0.05) is 5.02 Å². The molecule has 1 aromatic heterocycles. The minimum Gasteiger partial charge on any atom is -0.493 e. The van der Waals surface area contributed by atoms with E-state index in [2.05, 4.69) is 11.1 Å². The maximum Gasteiger partial charge on any atom is 0.338 e. The fourth-order valence-electron chi connectivity index (χ4n) is 4.73. The van der Waals surface area contributed by atoms with E-state index < -0.39 is 12.0 Å². The molecule has 2 heterocycles. The van der Waals surface area contributed by atoms with Crippen molar-refractivity contribution in [2.24, 2.45) is 4.99 Å². The third-order valence-corrected chi connectivity index (χ3v) is 8.34. The molecule has 4 aromatic rings. The van der Waals surface area contributed by atoms with Crippen LogP contribution in [0.15, 0.2) is 81.7 Å². The number of carbonyl (C=O) groups excluding carboxylic acids is 1. The number of methoxy groups -OCH3 is 1. The van der Waals surface area contributed by atoms with Crippen LogP contribution < -0.4 is 24.4 Å². The van der Waals surface area contributed by atoms with Gasteiger partial charge in [-0.1, -0.05) is 64.9 Å². The van der Waals surface area contributed by atoms with Crippen LogP contribution in [0, 0.1) is 11.3 Å². The summed E-state index contributed by atoms with van der Waals surface area (Å²) in [6.07, 6.45) is 1.69. The number of aromatic nitrogens is 1. The highest BCUT2D eigenvalue weighted by Gasteiger charge is 2.34. The first-order valence-corrected chi connectivity index (χ1v) is 14.8. The van der Waals surface area contributed by atoms with Gasteiger partial charge in [0.2, 0.25) is 0 Å². The van der Waals surface area contributed by atoms with E-state index in [1.807, 2.05) is 0 Å². The lowest BCUT2D eigenvalue weighted by Gasteiger charge is -2.25. The number of allylic oxidation sites excluding steroid dienone is 1. The topological polar surface area (TPSA) is 103 Å². The minimum atomic E-state index is -0.817. The molecule has 0 unspecified atom stereocenters. The van der Waals surface area contributed by atoms with Gasteiger partial charge in [-0.25, -0.2) is 9.79 Å². The quantitative estimate of drug-likeness (QED) is 0.235. The molecule has 11 heteroatoms. The minimum absolute atomic E-state index is 0.172. The summed E-state index contributed by atoms with van der Waals surface area (Å²) in [4.78, 5) is 32.0. The van der Waals surface area contributed by atoms with Crippen LogP contribution in [0.25, 0.3) is 6.08 Å². The SMILES string of the molecule is CCOC(=O)C1=C(C)N=c2s/c(=C\c3cc(Cl)c(OCc4ccc(C#N)cc4)c(OC)c3)c(=O)n2[C@@H]1c1ccccc1Cl. The van der Waals surface area contributed by atoms with Gasteiger partial charge in [0.05, 0.1) is 46.2 Å². The Bertz CT molecular complexity index is 1970. The van der Waals surface area contributed by atoms with Gasteiger partial charge in [-0.15, -0.1) is 0 Å². The zero-order valence-electron chi connectivity index (χ0n) is 23.4. The molecule has 1 aliphatic rings. The molecule has 0 saturated heterocycles. The van der Waals surface area contributed by atoms with Crippen LogP contribution in [0.5, 0.6) is 11.5 Å². The van der Waals surface area contributed by atoms with E-state index in [1.54, 1.807) is 80.6 Å². The number of hydrogen-bond acceptors (Lipinski definition) is 8. The maximum atomic E-state index is 13.9. The number of ether oxygens (including phenoxy) is 3. The van der Waals surface area contributed by atoms with Crippen LogP contribution in [-0.2, 0) is 16.1 Å². The summed E-state index contributed by atoms with van der Waals surface area (Å²) in [7, 11) is 1.50. The third kappa shape index (κ3) is 6.09. The van der Waals surface area contributed by atoms with Gasteiger partial charge >= 0.3 is 5.97 Å². The molecule has 0 amide bonds. The molecule has 43 heavy (non-hydrogen) atoms. The van der Waals surface area contributed by atoms with Gasteiger partial charge in [0.15, 0.2) is 16.3 Å². The Morgan fingerprint density at radius 2 is 1.88 bits per heavy atom. The summed E-state index contributed by atoms with van der Waals surface area (Å²) in [6.45, 7) is 3.82. The summed E-state index contributed by atoms with van der Waals surface area (Å²) in [5.41, 5.74) is 2.95. The first-order chi connectivity index (χ1) is 20.7. The summed E-state index contributed by atoms with van der Waals surface area (Å²) in [5.74, 6) is 0.172. The molecule has 0 fully saturated rings. The second kappa shape index (κ2) is 12.9. The monoisotopic (exact) mass is 633 g/mol. The number of hydrogen-bond donors (Lipinski definition) is 0. The molecule has 0 saturated carbocycles. The Labute approximate surface area is 261 Å². The van der Waals surface area contributed by atoms with Crippen molar-refractivity contribution in [3.63, 3.8) is 0 Å². The van der Waals surface area contributed by atoms with E-state index in [0.29, 0.717) is 53.3 Å². The lowest BCUT2D eigenvalue weighted by molar-refractivity contribution is -0.139. The maximum absolute atomic E-state index is 13.9. The number of fused-ring (bicyclic) bond motifs is 1. The van der Waals surface area contributed by atoms with Crippen molar-refractivity contribution < 1.29 is 19.0 Å². The lowest BCUT2D eigenvalue weighted by atomic mass is 9.96. The van der Waals surface area contributed by atoms with E-state index in [9.17, 15) is 9.59 Å². The van der Waals surface area contributed by atoms with Crippen molar-refractivity contribution in [1.82, 2.24) is 4.57 Å². The molecule has 5 rings (SSSR count). The fourth-order valence-corrected chi connectivity index (χ4v) is 6.29. The summed E-state index contributed by atoms with van der Waals surface area (Å²) < 4.78 is 18.7. The Hall–Kier alpha value is -4.36. The number of carbonyl (C=O) groups is 1. The number of benzene rings is 3. The molecule has 218 valence electrons. The molecule has 3 aromatic carbocycles. The van der Waals surface area contributed by atoms with Crippen LogP contribution in [0.1, 0.15) is 42.1 Å². The van der Waals surface area contributed by atoms with E-state index in [0.717, 1.165) is 5.56 Å². The Morgan fingerprint density at radius 3 is 2.56 bits per heavy atom. The summed E-state index contributed by atoms with van der Waals surface area (Å²) >= 11 is 14.4. The van der Waals surface area contributed by atoms with Crippen LogP contribution >= 0.6 is 34.5 Å². The van der Waals surface area contributed by atoms with Crippen LogP contribution in [-0.4, -0.2) is 24.3 Å². The number of nitrogens with zero attached hydrogens (tertiary/aromatic N) is 3. The first kappa shape index (κ1) is 30.1. The molecule has 0 radical (unpaired) electrons. The number of rotatable bonds is 8. The summed E-state index contributed by atoms with van der Waals surface area (Å²) in [6, 6.07) is 18.8. The van der Waals surface area contributed by atoms with Crippen molar-refractivity contribution in [2.75, 3.05) is 13.7 Å². The molecule has 0 bridgehead atoms. The van der Waals surface area contributed by atoms with E-state index in [-0.39, 0.29) is 24.3 Å². The van der Waals surface area contributed by atoms with E-state index >= 15 is 0 Å². The molecule has 8 nitrogen and oxygen atoms in total. The van der Waals surface area contributed by atoms with Gasteiger partial charge in [-0.3, -0.25) is 9.36 Å². The van der Waals surface area contributed by atoms with E-state index in [1.165, 1.54) is 23.0 Å². The highest BCUT2D eigenvalue weighted by Crippen LogP contribution is 2.37. The van der Waals surface area contributed by atoms with Gasteiger partial charge in [0.25, 0.3) is 5.56 Å². The smallest absolute Gasteiger partial charge is 0.338 e. The third-order valence-electron chi connectivity index (χ3n) is 6.73. The van der Waals surface area contributed by atoms with Gasteiger partial charge in [-0.05, 0) is 66.9 Å². The van der Waals surface area contributed by atoms with Crippen LogP contribution in [0.3, 0.4) is 0 Å². The molecule has 1 atom stereocenters. The van der Waals surface area contributed by atoms with Gasteiger partial charge in [0.1, 0.15) is 12.6 Å². The zero-order chi connectivity index (χ0) is 30.7. The van der Waals surface area contributed by atoms with Crippen LogP contribution in [0.4, 0.5) is 0 Å². The molecule has 0 N–H and O–H groups in total. The van der Waals surface area contributed by atoms with Crippen molar-refractivity contribution in [3.8, 4) is 17.6 Å². The zero-order valence-corrected chi connectivity index (χ0v) is 25.7. The second-order valence-corrected chi connectivity index (χ2v) is 11.3. The van der Waals surface area contributed by atoms with Crippen molar-refractivity contribution in [3.05, 3.63) is 124 Å². The Kier molecular flexibility index (Phi) is 9.02. The Balaban J connectivity index is 1.56. The number of nitriles is 1. The predicted octanol–water partition coefficient (Wildman–Crippen LogP) is 5.56. The number of esters is 1. The highest BCUT2D eigenvalue weighted by atomic mass is 35.5. The average molecular weight is 635 g/mol. The van der Waals surface area contributed by atoms with Gasteiger partial charge in [-0.2, -0.15) is 5.26 Å². The molecular weight excluding hydrogens is 609 g/mol. The second-order valence-electron chi connectivity index (χ2n) is 9.46. The molecular formula is C32H25Cl2N3O5S.